The third kappa shape index (κ3) is 2.37. The molecule has 1 heterocycles. The molecule has 0 fully saturated rings. The predicted octanol–water partition coefficient (Wildman–Crippen LogP) is 4.03. The molecule has 0 atom stereocenters. The summed E-state index contributed by atoms with van der Waals surface area (Å²) in [6.07, 6.45) is 0. The highest BCUT2D eigenvalue weighted by molar-refractivity contribution is 6.34. The smallest absolute Gasteiger partial charge is 0.137 e. The molecule has 78 valence electrons. The van der Waals surface area contributed by atoms with Crippen LogP contribution in [0.3, 0.4) is 0 Å². The van der Waals surface area contributed by atoms with E-state index < -0.39 is 0 Å². The quantitative estimate of drug-likeness (QED) is 0.720. The number of aromatic nitrogens is 2. The minimum absolute atomic E-state index is 0.242. The molecule has 0 radical (unpaired) electrons. The average Bonchev–Trinajstić information content (AvgIpc) is 2.01. The molecule has 0 aromatic carbocycles. The lowest BCUT2D eigenvalue weighted by atomic mass is 10.1. The molecular weight excluding hydrogens is 219 g/mol. The Bertz CT molecular complexity index is 312. The van der Waals surface area contributed by atoms with Crippen molar-refractivity contribution in [2.75, 3.05) is 0 Å². The van der Waals surface area contributed by atoms with Crippen LogP contribution in [0.15, 0.2) is 0 Å². The fourth-order valence-corrected chi connectivity index (χ4v) is 2.00. The van der Waals surface area contributed by atoms with Gasteiger partial charge < -0.3 is 0 Å². The van der Waals surface area contributed by atoms with Crippen molar-refractivity contribution in [1.82, 2.24) is 9.97 Å². The molecule has 0 N–H and O–H groups in total. The average molecular weight is 233 g/mol. The maximum absolute atomic E-state index is 6.04. The van der Waals surface area contributed by atoms with Crippen LogP contribution in [0.1, 0.15) is 50.9 Å². The summed E-state index contributed by atoms with van der Waals surface area (Å²) >= 11 is 12.1. The topological polar surface area (TPSA) is 25.8 Å². The molecule has 0 aliphatic carbocycles. The first kappa shape index (κ1) is 11.7. The van der Waals surface area contributed by atoms with Gasteiger partial charge in [0.1, 0.15) is 16.1 Å². The number of hydrogen-bond donors (Lipinski definition) is 0. The molecule has 1 rings (SSSR count). The summed E-state index contributed by atoms with van der Waals surface area (Å²) < 4.78 is 0. The molecule has 0 aliphatic heterocycles. The largest absolute Gasteiger partial charge is 0.221 e. The number of halogens is 2. The van der Waals surface area contributed by atoms with Crippen molar-refractivity contribution in [3.8, 4) is 0 Å². The van der Waals surface area contributed by atoms with Crippen LogP contribution in [-0.2, 0) is 0 Å². The summed E-state index contributed by atoms with van der Waals surface area (Å²) in [6, 6.07) is 0. The van der Waals surface area contributed by atoms with E-state index in [1.54, 1.807) is 0 Å². The Balaban J connectivity index is 3.25. The highest BCUT2D eigenvalue weighted by atomic mass is 35.5. The molecule has 14 heavy (non-hydrogen) atoms. The molecule has 0 amide bonds. The molecule has 0 saturated heterocycles. The first-order valence-electron chi connectivity index (χ1n) is 4.66. The van der Waals surface area contributed by atoms with E-state index in [0.29, 0.717) is 16.1 Å². The third-order valence-electron chi connectivity index (χ3n) is 1.96. The standard InChI is InChI=1S/C10H14Cl2N2/c1-5(2)7-8(11)13-10(6(3)4)14-9(7)12/h5-6H,1-4H3. The van der Waals surface area contributed by atoms with E-state index in [0.717, 1.165) is 5.56 Å². The van der Waals surface area contributed by atoms with Gasteiger partial charge >= 0.3 is 0 Å². The summed E-state index contributed by atoms with van der Waals surface area (Å²) in [6.45, 7) is 8.06. The molecular formula is C10H14Cl2N2. The Kier molecular flexibility index (Phi) is 3.73. The van der Waals surface area contributed by atoms with Crippen LogP contribution in [0.25, 0.3) is 0 Å². The maximum atomic E-state index is 6.04. The first-order chi connectivity index (χ1) is 6.43. The summed E-state index contributed by atoms with van der Waals surface area (Å²) in [7, 11) is 0. The summed E-state index contributed by atoms with van der Waals surface area (Å²) in [5.74, 6) is 1.19. The van der Waals surface area contributed by atoms with Crippen molar-refractivity contribution in [2.45, 2.75) is 39.5 Å². The molecule has 1 aromatic heterocycles. The Morgan fingerprint density at radius 3 is 1.57 bits per heavy atom. The zero-order valence-corrected chi connectivity index (χ0v) is 10.3. The lowest BCUT2D eigenvalue weighted by Crippen LogP contribution is -2.03. The Labute approximate surface area is 94.7 Å². The second-order valence-corrected chi connectivity index (χ2v) is 4.60. The van der Waals surface area contributed by atoms with Gasteiger partial charge in [-0.2, -0.15) is 0 Å². The molecule has 2 nitrogen and oxygen atoms in total. The highest BCUT2D eigenvalue weighted by Gasteiger charge is 2.15. The molecule has 0 bridgehead atoms. The van der Waals surface area contributed by atoms with E-state index in [4.69, 9.17) is 23.2 Å². The summed E-state index contributed by atoms with van der Waals surface area (Å²) in [5.41, 5.74) is 0.831. The van der Waals surface area contributed by atoms with Gasteiger partial charge in [-0.15, -0.1) is 0 Å². The fraction of sp³-hybridized carbons (Fsp3) is 0.600. The van der Waals surface area contributed by atoms with Crippen molar-refractivity contribution in [3.05, 3.63) is 21.7 Å². The summed E-state index contributed by atoms with van der Waals surface area (Å²) in [5, 5.41) is 0.951. The third-order valence-corrected chi connectivity index (χ3v) is 2.54. The van der Waals surface area contributed by atoms with Crippen molar-refractivity contribution >= 4 is 23.2 Å². The van der Waals surface area contributed by atoms with Crippen LogP contribution in [0.2, 0.25) is 10.3 Å². The highest BCUT2D eigenvalue weighted by Crippen LogP contribution is 2.29. The van der Waals surface area contributed by atoms with Crippen LogP contribution in [-0.4, -0.2) is 9.97 Å². The number of hydrogen-bond acceptors (Lipinski definition) is 2. The maximum Gasteiger partial charge on any atom is 0.137 e. The van der Waals surface area contributed by atoms with Gasteiger partial charge in [0.05, 0.1) is 0 Å². The van der Waals surface area contributed by atoms with Gasteiger partial charge in [-0.1, -0.05) is 50.9 Å². The van der Waals surface area contributed by atoms with Gasteiger partial charge in [0, 0.05) is 11.5 Å². The van der Waals surface area contributed by atoms with Gasteiger partial charge in [0.15, 0.2) is 0 Å². The molecule has 1 aromatic rings. The Morgan fingerprint density at radius 1 is 0.857 bits per heavy atom. The van der Waals surface area contributed by atoms with Gasteiger partial charge in [-0.25, -0.2) is 9.97 Å². The Hall–Kier alpha value is -0.340. The zero-order chi connectivity index (χ0) is 10.9. The van der Waals surface area contributed by atoms with Gasteiger partial charge in [-0.05, 0) is 5.92 Å². The SMILES string of the molecule is CC(C)c1nc(Cl)c(C(C)C)c(Cl)n1. The fourth-order valence-electron chi connectivity index (χ4n) is 1.17. The van der Waals surface area contributed by atoms with Crippen molar-refractivity contribution in [1.29, 1.82) is 0 Å². The number of nitrogens with zero attached hydrogens (tertiary/aromatic N) is 2. The minimum atomic E-state index is 0.242. The lowest BCUT2D eigenvalue weighted by molar-refractivity contribution is 0.755. The van der Waals surface area contributed by atoms with E-state index in [2.05, 4.69) is 9.97 Å². The monoisotopic (exact) mass is 232 g/mol. The zero-order valence-electron chi connectivity index (χ0n) is 8.81. The van der Waals surface area contributed by atoms with Crippen LogP contribution >= 0.6 is 23.2 Å². The predicted molar refractivity (Wildman–Crippen MR) is 60.2 cm³/mol. The second kappa shape index (κ2) is 4.45. The molecule has 0 saturated carbocycles. The van der Waals surface area contributed by atoms with E-state index in [1.807, 2.05) is 27.7 Å². The molecule has 4 heteroatoms. The van der Waals surface area contributed by atoms with Gasteiger partial charge in [-0.3, -0.25) is 0 Å². The van der Waals surface area contributed by atoms with Crippen LogP contribution in [0.4, 0.5) is 0 Å². The van der Waals surface area contributed by atoms with Gasteiger partial charge in [0.2, 0.25) is 0 Å². The van der Waals surface area contributed by atoms with Crippen LogP contribution in [0, 0.1) is 0 Å². The first-order valence-corrected chi connectivity index (χ1v) is 5.42. The molecule has 0 spiro atoms. The molecule has 0 unspecified atom stereocenters. The van der Waals surface area contributed by atoms with E-state index in [1.165, 1.54) is 0 Å². The van der Waals surface area contributed by atoms with E-state index >= 15 is 0 Å². The van der Waals surface area contributed by atoms with Gasteiger partial charge in [0.25, 0.3) is 0 Å². The summed E-state index contributed by atoms with van der Waals surface area (Å²) in [4.78, 5) is 8.45. The Morgan fingerprint density at radius 2 is 1.29 bits per heavy atom. The van der Waals surface area contributed by atoms with Crippen molar-refractivity contribution in [3.63, 3.8) is 0 Å². The van der Waals surface area contributed by atoms with Crippen LogP contribution in [0.5, 0.6) is 0 Å². The van der Waals surface area contributed by atoms with Crippen LogP contribution < -0.4 is 0 Å². The lowest BCUT2D eigenvalue weighted by Gasteiger charge is -2.12. The minimum Gasteiger partial charge on any atom is -0.221 e. The van der Waals surface area contributed by atoms with E-state index in [9.17, 15) is 0 Å². The van der Waals surface area contributed by atoms with E-state index in [-0.39, 0.29) is 11.8 Å². The van der Waals surface area contributed by atoms with Crippen molar-refractivity contribution in [2.24, 2.45) is 0 Å². The van der Waals surface area contributed by atoms with Crippen molar-refractivity contribution < 1.29 is 0 Å². The normalized spacial score (nSPS) is 11.4. The number of rotatable bonds is 2. The second-order valence-electron chi connectivity index (χ2n) is 3.89. The molecule has 0 aliphatic rings.